The van der Waals surface area contributed by atoms with E-state index in [1.54, 1.807) is 0 Å². The first kappa shape index (κ1) is 32.0. The summed E-state index contributed by atoms with van der Waals surface area (Å²) in [5, 5.41) is 9.67. The number of rotatable bonds is 6. The number of hydrogen-bond donors (Lipinski definition) is 0. The van der Waals surface area contributed by atoms with Crippen molar-refractivity contribution in [2.24, 2.45) is 0 Å². The van der Waals surface area contributed by atoms with Crippen molar-refractivity contribution in [3.8, 4) is 33.4 Å². The Balaban J connectivity index is 1.02. The number of para-hydroxylation sites is 1. The summed E-state index contributed by atoms with van der Waals surface area (Å²) < 4.78 is 6.53. The third-order valence-corrected chi connectivity index (χ3v) is 11.3. The molecule has 11 aromatic rings. The second-order valence-corrected chi connectivity index (χ2v) is 14.5. The van der Waals surface area contributed by atoms with Crippen LogP contribution in [0.2, 0.25) is 0 Å². The molecule has 0 radical (unpaired) electrons. The fourth-order valence-electron chi connectivity index (χ4n) is 8.54. The molecular formula is C54H35NO. The predicted molar refractivity (Wildman–Crippen MR) is 237 cm³/mol. The third kappa shape index (κ3) is 5.34. The topological polar surface area (TPSA) is 16.4 Å². The number of anilines is 3. The average Bonchev–Trinajstić information content (AvgIpc) is 3.67. The minimum atomic E-state index is 0.899. The average molecular weight is 714 g/mol. The summed E-state index contributed by atoms with van der Waals surface area (Å²) >= 11 is 0. The molecule has 0 aliphatic carbocycles. The van der Waals surface area contributed by atoms with Crippen molar-refractivity contribution in [3.05, 3.63) is 212 Å². The van der Waals surface area contributed by atoms with E-state index in [1.807, 2.05) is 0 Å². The fourth-order valence-corrected chi connectivity index (χ4v) is 8.54. The molecule has 0 bridgehead atoms. The highest BCUT2D eigenvalue weighted by molar-refractivity contribution is 6.19. The normalized spacial score (nSPS) is 11.6. The zero-order valence-corrected chi connectivity index (χ0v) is 30.6. The Kier molecular flexibility index (Phi) is 7.53. The van der Waals surface area contributed by atoms with E-state index in [2.05, 4.69) is 217 Å². The van der Waals surface area contributed by atoms with E-state index >= 15 is 0 Å². The maximum Gasteiger partial charge on any atom is 0.143 e. The first-order chi connectivity index (χ1) is 27.8. The number of hydrogen-bond acceptors (Lipinski definition) is 2. The van der Waals surface area contributed by atoms with Crippen LogP contribution in [-0.2, 0) is 0 Å². The van der Waals surface area contributed by atoms with Crippen LogP contribution in [0.4, 0.5) is 17.1 Å². The zero-order chi connectivity index (χ0) is 37.0. The van der Waals surface area contributed by atoms with Gasteiger partial charge in [-0.15, -0.1) is 0 Å². The molecule has 56 heavy (non-hydrogen) atoms. The van der Waals surface area contributed by atoms with Gasteiger partial charge in [0.25, 0.3) is 0 Å². The van der Waals surface area contributed by atoms with Crippen molar-refractivity contribution in [1.82, 2.24) is 0 Å². The van der Waals surface area contributed by atoms with E-state index in [1.165, 1.54) is 49.2 Å². The van der Waals surface area contributed by atoms with Gasteiger partial charge in [0.2, 0.25) is 0 Å². The monoisotopic (exact) mass is 713 g/mol. The van der Waals surface area contributed by atoms with Gasteiger partial charge in [-0.3, -0.25) is 0 Å². The Bertz CT molecular complexity index is 3230. The molecule has 1 heterocycles. The zero-order valence-electron chi connectivity index (χ0n) is 30.6. The van der Waals surface area contributed by atoms with Gasteiger partial charge in [-0.2, -0.15) is 0 Å². The summed E-state index contributed by atoms with van der Waals surface area (Å²) in [7, 11) is 0. The highest BCUT2D eigenvalue weighted by Gasteiger charge is 2.19. The van der Waals surface area contributed by atoms with Gasteiger partial charge < -0.3 is 9.32 Å². The SMILES string of the molecule is c1ccc(-c2ccccc2N(c2ccc(-c3ccc4c(ccc5ccccc54)c3)cc2)c2ccc(-c3cccc4oc5c6ccccc6ccc5c34)cc2)cc1. The fraction of sp³-hybridized carbons (Fsp3) is 0. The second-order valence-electron chi connectivity index (χ2n) is 14.5. The van der Waals surface area contributed by atoms with Crippen LogP contribution in [0.15, 0.2) is 217 Å². The second kappa shape index (κ2) is 13.2. The van der Waals surface area contributed by atoms with Crippen LogP contribution in [0.25, 0.3) is 87.6 Å². The van der Waals surface area contributed by atoms with Crippen LogP contribution >= 0.6 is 0 Å². The van der Waals surface area contributed by atoms with E-state index in [9.17, 15) is 0 Å². The van der Waals surface area contributed by atoms with Crippen molar-refractivity contribution in [2.75, 3.05) is 4.90 Å². The Hall–Kier alpha value is -7.42. The van der Waals surface area contributed by atoms with Gasteiger partial charge in [0.1, 0.15) is 11.2 Å². The Morgan fingerprint density at radius 2 is 0.875 bits per heavy atom. The van der Waals surface area contributed by atoms with Crippen molar-refractivity contribution in [1.29, 1.82) is 0 Å². The standard InChI is InChI=1S/C54H35NO/c1-2-11-37(12-3-1)47-16-8-9-19-51(47)55(43-29-23-36(24-30-43)41-28-33-46-42(35-41)22-21-38-13-4-6-15-45(38)46)44-31-25-40(26-32-44)48-18-10-20-52-53(48)50-34-27-39-14-5-7-17-49(39)54(50)56-52/h1-35H. The minimum absolute atomic E-state index is 0.899. The molecular weight excluding hydrogens is 679 g/mol. The summed E-state index contributed by atoms with van der Waals surface area (Å²) in [6, 6.07) is 76.4. The van der Waals surface area contributed by atoms with Gasteiger partial charge in [-0.05, 0) is 103 Å². The molecule has 0 aliphatic heterocycles. The summed E-state index contributed by atoms with van der Waals surface area (Å²) in [6.45, 7) is 0. The van der Waals surface area contributed by atoms with Gasteiger partial charge in [0.15, 0.2) is 0 Å². The van der Waals surface area contributed by atoms with E-state index in [-0.39, 0.29) is 0 Å². The molecule has 0 atom stereocenters. The lowest BCUT2D eigenvalue weighted by atomic mass is 9.97. The van der Waals surface area contributed by atoms with Gasteiger partial charge in [-0.25, -0.2) is 0 Å². The molecule has 2 nitrogen and oxygen atoms in total. The van der Waals surface area contributed by atoms with E-state index in [0.717, 1.165) is 55.5 Å². The predicted octanol–water partition coefficient (Wildman–Crippen LogP) is 15.5. The number of benzene rings is 10. The first-order valence-corrected chi connectivity index (χ1v) is 19.2. The lowest BCUT2D eigenvalue weighted by molar-refractivity contribution is 0.673. The van der Waals surface area contributed by atoms with Crippen molar-refractivity contribution in [3.63, 3.8) is 0 Å². The van der Waals surface area contributed by atoms with Gasteiger partial charge in [0, 0.05) is 33.1 Å². The lowest BCUT2D eigenvalue weighted by Crippen LogP contribution is -2.11. The molecule has 0 unspecified atom stereocenters. The molecule has 0 amide bonds. The van der Waals surface area contributed by atoms with E-state index < -0.39 is 0 Å². The van der Waals surface area contributed by atoms with Crippen LogP contribution in [0.1, 0.15) is 0 Å². The van der Waals surface area contributed by atoms with Crippen LogP contribution in [-0.4, -0.2) is 0 Å². The highest BCUT2D eigenvalue weighted by atomic mass is 16.3. The highest BCUT2D eigenvalue weighted by Crippen LogP contribution is 2.44. The third-order valence-electron chi connectivity index (χ3n) is 11.3. The minimum Gasteiger partial charge on any atom is -0.455 e. The largest absolute Gasteiger partial charge is 0.455 e. The quantitative estimate of drug-likeness (QED) is 0.160. The number of furan rings is 1. The maximum absolute atomic E-state index is 6.53. The number of fused-ring (bicyclic) bond motifs is 8. The molecule has 0 aliphatic rings. The van der Waals surface area contributed by atoms with Crippen molar-refractivity contribution in [2.45, 2.75) is 0 Å². The van der Waals surface area contributed by atoms with Gasteiger partial charge >= 0.3 is 0 Å². The Labute approximate surface area is 325 Å². The summed E-state index contributed by atoms with van der Waals surface area (Å²) in [5.41, 5.74) is 12.2. The molecule has 262 valence electrons. The molecule has 10 aromatic carbocycles. The van der Waals surface area contributed by atoms with E-state index in [0.29, 0.717) is 0 Å². The van der Waals surface area contributed by atoms with Gasteiger partial charge in [0.05, 0.1) is 5.69 Å². The molecule has 0 saturated heterocycles. The van der Waals surface area contributed by atoms with Crippen molar-refractivity contribution >= 4 is 71.3 Å². The van der Waals surface area contributed by atoms with E-state index in [4.69, 9.17) is 4.42 Å². The summed E-state index contributed by atoms with van der Waals surface area (Å²) in [6.07, 6.45) is 0. The van der Waals surface area contributed by atoms with Crippen LogP contribution in [0, 0.1) is 0 Å². The smallest absolute Gasteiger partial charge is 0.143 e. The molecule has 11 rings (SSSR count). The summed E-state index contributed by atoms with van der Waals surface area (Å²) in [5.74, 6) is 0. The maximum atomic E-state index is 6.53. The molecule has 0 fully saturated rings. The molecule has 1 aromatic heterocycles. The molecule has 0 N–H and O–H groups in total. The molecule has 2 heteroatoms. The van der Waals surface area contributed by atoms with Crippen LogP contribution in [0.5, 0.6) is 0 Å². The molecule has 0 spiro atoms. The Morgan fingerprint density at radius 1 is 0.321 bits per heavy atom. The first-order valence-electron chi connectivity index (χ1n) is 19.2. The number of nitrogens with zero attached hydrogens (tertiary/aromatic N) is 1. The van der Waals surface area contributed by atoms with Crippen LogP contribution in [0.3, 0.4) is 0 Å². The summed E-state index contributed by atoms with van der Waals surface area (Å²) in [4.78, 5) is 2.38. The Morgan fingerprint density at radius 3 is 1.68 bits per heavy atom. The lowest BCUT2D eigenvalue weighted by Gasteiger charge is -2.28. The van der Waals surface area contributed by atoms with Gasteiger partial charge in [-0.1, -0.05) is 164 Å². The molecule has 0 saturated carbocycles. The van der Waals surface area contributed by atoms with Crippen LogP contribution < -0.4 is 4.90 Å². The van der Waals surface area contributed by atoms with Crippen molar-refractivity contribution < 1.29 is 4.42 Å².